The molecule has 6 aliphatic carbocycles. The van der Waals surface area contributed by atoms with Crippen molar-refractivity contribution in [3.63, 3.8) is 0 Å². The molecule has 0 N–H and O–H groups in total. The van der Waals surface area contributed by atoms with Crippen LogP contribution in [0.1, 0.15) is 83.6 Å². The van der Waals surface area contributed by atoms with E-state index in [1.54, 1.807) is 0 Å². The first-order valence-corrected chi connectivity index (χ1v) is 17.8. The molecule has 0 radical (unpaired) electrons. The Morgan fingerprint density at radius 1 is 0.932 bits per heavy atom. The van der Waals surface area contributed by atoms with Crippen LogP contribution in [0.3, 0.4) is 0 Å². The molecule has 8 aliphatic rings. The summed E-state index contributed by atoms with van der Waals surface area (Å²) in [5.41, 5.74) is 4.25. The summed E-state index contributed by atoms with van der Waals surface area (Å²) in [6, 6.07) is 19.4. The predicted octanol–water partition coefficient (Wildman–Crippen LogP) is 8.36. The quantitative estimate of drug-likeness (QED) is 0.359. The third-order valence-corrected chi connectivity index (χ3v) is 15.1. The molecule has 2 saturated heterocycles. The maximum atomic E-state index is 12.4. The molecule has 2 aromatic rings. The molecule has 2 heterocycles. The van der Waals surface area contributed by atoms with Gasteiger partial charge in [-0.3, -0.25) is 9.69 Å². The highest BCUT2D eigenvalue weighted by atomic mass is 16.5. The van der Waals surface area contributed by atoms with Gasteiger partial charge in [-0.15, -0.1) is 0 Å². The van der Waals surface area contributed by atoms with E-state index in [2.05, 4.69) is 49.1 Å². The van der Waals surface area contributed by atoms with Crippen molar-refractivity contribution in [3.05, 3.63) is 71.8 Å². The topological polar surface area (TPSA) is 38.8 Å². The van der Waals surface area contributed by atoms with Gasteiger partial charge in [0.25, 0.3) is 0 Å². The Balaban J connectivity index is 0.901. The number of hydrogen-bond donors (Lipinski definition) is 0. The molecule has 11 atom stereocenters. The van der Waals surface area contributed by atoms with Crippen LogP contribution in [0.15, 0.2) is 66.2 Å². The zero-order valence-corrected chi connectivity index (χ0v) is 26.5. The average Bonchev–Trinajstić information content (AvgIpc) is 3.50. The van der Waals surface area contributed by atoms with Gasteiger partial charge in [0.05, 0.1) is 11.7 Å². The molecule has 0 bridgehead atoms. The molecule has 0 amide bonds. The Morgan fingerprint density at radius 2 is 1.75 bits per heavy atom. The SMILES string of the molecule is C[C@H]1C[C@H]2O[C@@]34CC[C@H]5[C@@H]6CCC7=CC(=O)CC[C@]7(C)[C@H]6CC56CC63C[C@@H]4[C@@H]2N(Cc2ccc(Oc3ccccc3)cc2)C1. The number of rotatable bonds is 4. The van der Waals surface area contributed by atoms with E-state index in [1.165, 1.54) is 69.0 Å². The van der Waals surface area contributed by atoms with Crippen LogP contribution >= 0.6 is 0 Å². The smallest absolute Gasteiger partial charge is 0.155 e. The van der Waals surface area contributed by atoms with Crippen molar-refractivity contribution in [1.82, 2.24) is 4.90 Å². The van der Waals surface area contributed by atoms with E-state index in [0.29, 0.717) is 40.6 Å². The molecule has 7 fully saturated rings. The Labute approximate surface area is 262 Å². The van der Waals surface area contributed by atoms with E-state index in [0.717, 1.165) is 48.6 Å². The highest BCUT2D eigenvalue weighted by Gasteiger charge is 2.91. The number of para-hydroxylation sites is 1. The molecule has 44 heavy (non-hydrogen) atoms. The first-order chi connectivity index (χ1) is 21.3. The average molecular weight is 590 g/mol. The van der Waals surface area contributed by atoms with E-state index in [-0.39, 0.29) is 11.0 Å². The molecule has 3 spiro atoms. The van der Waals surface area contributed by atoms with Crippen molar-refractivity contribution < 1.29 is 14.3 Å². The molecule has 4 heteroatoms. The number of fused-ring (bicyclic) bond motifs is 6. The van der Waals surface area contributed by atoms with Gasteiger partial charge in [-0.1, -0.05) is 49.8 Å². The van der Waals surface area contributed by atoms with Crippen molar-refractivity contribution in [2.45, 2.75) is 102 Å². The van der Waals surface area contributed by atoms with Gasteiger partial charge in [0, 0.05) is 36.9 Å². The summed E-state index contributed by atoms with van der Waals surface area (Å²) in [5.74, 6) is 6.07. The van der Waals surface area contributed by atoms with E-state index in [9.17, 15) is 4.79 Å². The molecule has 2 aromatic carbocycles. The molecule has 2 unspecified atom stereocenters. The van der Waals surface area contributed by atoms with E-state index >= 15 is 0 Å². The fourth-order valence-corrected chi connectivity index (χ4v) is 13.5. The third kappa shape index (κ3) is 3.30. The lowest BCUT2D eigenvalue weighted by molar-refractivity contribution is -0.211. The van der Waals surface area contributed by atoms with E-state index < -0.39 is 0 Å². The monoisotopic (exact) mass is 589 g/mol. The van der Waals surface area contributed by atoms with Gasteiger partial charge in [0.2, 0.25) is 0 Å². The molecular formula is C40H47NO3. The Kier molecular flexibility index (Phi) is 5.40. The van der Waals surface area contributed by atoms with E-state index in [4.69, 9.17) is 9.47 Å². The molecule has 10 rings (SSSR count). The molecule has 5 saturated carbocycles. The summed E-state index contributed by atoms with van der Waals surface area (Å²) in [6.07, 6.45) is 15.0. The fourth-order valence-electron chi connectivity index (χ4n) is 13.5. The summed E-state index contributed by atoms with van der Waals surface area (Å²) >= 11 is 0. The van der Waals surface area contributed by atoms with Crippen LogP contribution in [0.5, 0.6) is 11.5 Å². The van der Waals surface area contributed by atoms with E-state index in [1.807, 2.05) is 30.3 Å². The second-order valence-electron chi connectivity index (χ2n) is 16.8. The van der Waals surface area contributed by atoms with Crippen LogP contribution in [-0.4, -0.2) is 35.0 Å². The van der Waals surface area contributed by atoms with Crippen LogP contribution in [0, 0.1) is 45.8 Å². The first-order valence-electron chi connectivity index (χ1n) is 17.8. The second kappa shape index (κ2) is 8.88. The van der Waals surface area contributed by atoms with Crippen LogP contribution in [0.4, 0.5) is 0 Å². The van der Waals surface area contributed by atoms with Crippen molar-refractivity contribution in [3.8, 4) is 11.5 Å². The molecule has 0 aromatic heterocycles. The lowest BCUT2D eigenvalue weighted by Crippen LogP contribution is -2.64. The highest BCUT2D eigenvalue weighted by Crippen LogP contribution is 2.93. The van der Waals surface area contributed by atoms with Gasteiger partial charge in [0.15, 0.2) is 5.78 Å². The third-order valence-electron chi connectivity index (χ3n) is 15.1. The minimum absolute atomic E-state index is 0.129. The largest absolute Gasteiger partial charge is 0.457 e. The van der Waals surface area contributed by atoms with Gasteiger partial charge in [-0.05, 0) is 128 Å². The number of piperidine rings is 1. The molecular weight excluding hydrogens is 542 g/mol. The minimum Gasteiger partial charge on any atom is -0.457 e. The fraction of sp³-hybridized carbons (Fsp3) is 0.625. The minimum atomic E-state index is 0.129. The summed E-state index contributed by atoms with van der Waals surface area (Å²) in [5, 5.41) is 0. The van der Waals surface area contributed by atoms with Crippen LogP contribution in [0.25, 0.3) is 0 Å². The Morgan fingerprint density at radius 3 is 2.59 bits per heavy atom. The predicted molar refractivity (Wildman–Crippen MR) is 170 cm³/mol. The van der Waals surface area contributed by atoms with Crippen molar-refractivity contribution in [1.29, 1.82) is 0 Å². The van der Waals surface area contributed by atoms with Gasteiger partial charge < -0.3 is 9.47 Å². The number of ketones is 1. The van der Waals surface area contributed by atoms with Gasteiger partial charge in [-0.25, -0.2) is 0 Å². The number of ether oxygens (including phenoxy) is 2. The molecule has 4 nitrogen and oxygen atoms in total. The highest BCUT2D eigenvalue weighted by molar-refractivity contribution is 5.91. The number of carbonyl (C=O) groups is 1. The Bertz CT molecular complexity index is 1550. The van der Waals surface area contributed by atoms with Crippen molar-refractivity contribution in [2.24, 2.45) is 45.8 Å². The Hall–Kier alpha value is -2.43. The van der Waals surface area contributed by atoms with Crippen LogP contribution in [0.2, 0.25) is 0 Å². The summed E-state index contributed by atoms with van der Waals surface area (Å²) in [4.78, 5) is 15.2. The number of benzene rings is 2. The molecule has 230 valence electrons. The molecule has 2 aliphatic heterocycles. The van der Waals surface area contributed by atoms with Gasteiger partial charge in [-0.2, -0.15) is 0 Å². The zero-order chi connectivity index (χ0) is 29.5. The number of likely N-dealkylation sites (tertiary alicyclic amines) is 1. The lowest BCUT2D eigenvalue weighted by atomic mass is 9.47. The summed E-state index contributed by atoms with van der Waals surface area (Å²) in [6.45, 7) is 7.17. The maximum absolute atomic E-state index is 12.4. The van der Waals surface area contributed by atoms with Crippen LogP contribution in [-0.2, 0) is 16.1 Å². The summed E-state index contributed by atoms with van der Waals surface area (Å²) < 4.78 is 13.6. The second-order valence-corrected chi connectivity index (χ2v) is 16.8. The van der Waals surface area contributed by atoms with Crippen molar-refractivity contribution in [2.75, 3.05) is 6.54 Å². The lowest BCUT2D eigenvalue weighted by Gasteiger charge is -2.60. The standard InChI is InChI=1S/C40H47NO3/c1-25-18-35-36(41(22-25)23-26-8-11-30(12-9-26)43-29-6-4-3-5-7-29)34-21-39-24-38(39)20-33-31(32(38)15-17-40(34,39)44-35)13-10-27-19-28(42)14-16-37(27,33)2/h3-9,11-12,19,25,31-36H,10,13-18,20-24H2,1-2H3/t25-,31-,32-,33-,34+,35+,36-,37-,38?,39?,40+/m0/s1. The summed E-state index contributed by atoms with van der Waals surface area (Å²) in [7, 11) is 0. The van der Waals surface area contributed by atoms with Gasteiger partial charge in [0.1, 0.15) is 11.5 Å². The number of nitrogens with zero attached hydrogens (tertiary/aromatic N) is 1. The first kappa shape index (κ1) is 26.8. The normalized spacial score (nSPS) is 47.9. The zero-order valence-electron chi connectivity index (χ0n) is 26.5. The number of carbonyl (C=O) groups excluding carboxylic acids is 1. The maximum Gasteiger partial charge on any atom is 0.155 e. The van der Waals surface area contributed by atoms with Crippen molar-refractivity contribution >= 4 is 5.78 Å². The number of hydrogen-bond acceptors (Lipinski definition) is 4. The number of allylic oxidation sites excluding steroid dienone is 2. The van der Waals surface area contributed by atoms with Gasteiger partial charge >= 0.3 is 0 Å². The van der Waals surface area contributed by atoms with Crippen LogP contribution < -0.4 is 4.74 Å².